The van der Waals surface area contributed by atoms with Crippen molar-refractivity contribution >= 4 is 0 Å². The van der Waals surface area contributed by atoms with Crippen LogP contribution in [-0.2, 0) is 4.74 Å². The molecule has 1 unspecified atom stereocenters. The normalized spacial score (nSPS) is 33.3. The van der Waals surface area contributed by atoms with Crippen molar-refractivity contribution in [3.8, 4) is 0 Å². The summed E-state index contributed by atoms with van der Waals surface area (Å²) < 4.78 is 5.37. The highest BCUT2D eigenvalue weighted by Gasteiger charge is 2.42. The average Bonchev–Trinajstić information content (AvgIpc) is 2.49. The molecule has 1 fully saturated rings. The fourth-order valence-corrected chi connectivity index (χ4v) is 2.60. The molecule has 1 saturated heterocycles. The maximum atomic E-state index is 9.84. The molecule has 0 aromatic heterocycles. The van der Waals surface area contributed by atoms with E-state index in [-0.39, 0.29) is 6.61 Å². The minimum absolute atomic E-state index is 0.388. The lowest BCUT2D eigenvalue weighted by Gasteiger charge is -2.40. The predicted molar refractivity (Wildman–Crippen MR) is 79.8 cm³/mol. The highest BCUT2D eigenvalue weighted by atomic mass is 16.6. The molecule has 0 aromatic rings. The number of hydrogen-bond acceptors (Lipinski definition) is 6. The van der Waals surface area contributed by atoms with Gasteiger partial charge in [0, 0.05) is 0 Å². The van der Waals surface area contributed by atoms with Crippen LogP contribution >= 0.6 is 0 Å². The van der Waals surface area contributed by atoms with Gasteiger partial charge in [0.15, 0.2) is 0 Å². The summed E-state index contributed by atoms with van der Waals surface area (Å²) in [5.41, 5.74) is 0. The summed E-state index contributed by atoms with van der Waals surface area (Å²) in [4.78, 5) is 0. The first-order valence-electron chi connectivity index (χ1n) is 8.15. The van der Waals surface area contributed by atoms with Gasteiger partial charge in [0.1, 0.15) is 30.6 Å². The van der Waals surface area contributed by atoms with Crippen molar-refractivity contribution in [3.05, 3.63) is 0 Å². The maximum absolute atomic E-state index is 9.84. The van der Waals surface area contributed by atoms with Gasteiger partial charge in [0.25, 0.3) is 0 Å². The van der Waals surface area contributed by atoms with Crippen molar-refractivity contribution in [1.29, 1.82) is 0 Å². The van der Waals surface area contributed by atoms with Crippen LogP contribution in [0.3, 0.4) is 0 Å². The van der Waals surface area contributed by atoms with E-state index in [1.165, 1.54) is 32.1 Å². The average molecular weight is 305 g/mol. The minimum Gasteiger partial charge on any atom is -0.394 e. The lowest BCUT2D eigenvalue weighted by Crippen LogP contribution is -2.62. The monoisotopic (exact) mass is 305 g/mol. The molecule has 5 N–H and O–H groups in total. The fraction of sp³-hybridized carbons (Fsp3) is 1.00. The van der Waals surface area contributed by atoms with E-state index >= 15 is 0 Å². The van der Waals surface area contributed by atoms with Crippen LogP contribution in [0.1, 0.15) is 51.9 Å². The Hall–Kier alpha value is -0.240. The van der Waals surface area contributed by atoms with E-state index in [1.54, 1.807) is 0 Å². The molecule has 1 heterocycles. The first-order valence-corrected chi connectivity index (χ1v) is 8.15. The SMILES string of the molecule is CCCCCCCCCNC1O[C@H](CO)[C@@H](O)[C@H](O)[C@H]1O. The Morgan fingerprint density at radius 2 is 1.48 bits per heavy atom. The first kappa shape index (κ1) is 18.8. The molecule has 0 radical (unpaired) electrons. The summed E-state index contributed by atoms with van der Waals surface area (Å²) >= 11 is 0. The summed E-state index contributed by atoms with van der Waals surface area (Å²) in [6.07, 6.45) is 3.02. The van der Waals surface area contributed by atoms with Gasteiger partial charge in [-0.3, -0.25) is 5.32 Å². The third-order valence-electron chi connectivity index (χ3n) is 4.02. The van der Waals surface area contributed by atoms with Crippen molar-refractivity contribution in [3.63, 3.8) is 0 Å². The van der Waals surface area contributed by atoms with Gasteiger partial charge in [0.2, 0.25) is 0 Å². The third-order valence-corrected chi connectivity index (χ3v) is 4.02. The van der Waals surface area contributed by atoms with Gasteiger partial charge in [0.05, 0.1) is 6.61 Å². The quantitative estimate of drug-likeness (QED) is 0.368. The Balaban J connectivity index is 2.16. The zero-order valence-electron chi connectivity index (χ0n) is 12.9. The van der Waals surface area contributed by atoms with Crippen molar-refractivity contribution in [2.75, 3.05) is 13.2 Å². The van der Waals surface area contributed by atoms with Gasteiger partial charge in [-0.15, -0.1) is 0 Å². The zero-order chi connectivity index (χ0) is 15.7. The van der Waals surface area contributed by atoms with Gasteiger partial charge in [-0.2, -0.15) is 0 Å². The third kappa shape index (κ3) is 6.18. The van der Waals surface area contributed by atoms with Gasteiger partial charge < -0.3 is 25.2 Å². The molecule has 0 aliphatic carbocycles. The molecule has 0 aromatic carbocycles. The zero-order valence-corrected chi connectivity index (χ0v) is 12.9. The highest BCUT2D eigenvalue weighted by Crippen LogP contribution is 2.19. The molecule has 5 atom stereocenters. The van der Waals surface area contributed by atoms with Crippen molar-refractivity contribution in [2.24, 2.45) is 0 Å². The summed E-state index contributed by atoms with van der Waals surface area (Å²) in [5, 5.41) is 41.3. The second-order valence-electron chi connectivity index (χ2n) is 5.82. The van der Waals surface area contributed by atoms with Gasteiger partial charge in [-0.25, -0.2) is 0 Å². The molecule has 0 saturated carbocycles. The molecule has 1 rings (SSSR count). The molecular weight excluding hydrogens is 274 g/mol. The lowest BCUT2D eigenvalue weighted by molar-refractivity contribution is -0.236. The van der Waals surface area contributed by atoms with Crippen LogP contribution in [0.15, 0.2) is 0 Å². The van der Waals surface area contributed by atoms with Crippen LogP contribution in [0.5, 0.6) is 0 Å². The molecule has 6 nitrogen and oxygen atoms in total. The van der Waals surface area contributed by atoms with E-state index in [9.17, 15) is 15.3 Å². The van der Waals surface area contributed by atoms with E-state index < -0.39 is 30.6 Å². The molecule has 1 aliphatic heterocycles. The summed E-state index contributed by atoms with van der Waals surface area (Å²) in [7, 11) is 0. The van der Waals surface area contributed by atoms with Crippen molar-refractivity contribution in [2.45, 2.75) is 82.5 Å². The van der Waals surface area contributed by atoms with E-state index in [0.717, 1.165) is 12.8 Å². The Bertz CT molecular complexity index is 264. The van der Waals surface area contributed by atoms with Crippen LogP contribution in [-0.4, -0.2) is 64.2 Å². The van der Waals surface area contributed by atoms with Crippen LogP contribution in [0.2, 0.25) is 0 Å². The number of unbranched alkanes of at least 4 members (excludes halogenated alkanes) is 6. The second-order valence-corrected chi connectivity index (χ2v) is 5.82. The standard InChI is InChI=1S/C15H31NO5/c1-2-3-4-5-6-7-8-9-16-15-14(20)13(19)12(18)11(10-17)21-15/h11-20H,2-10H2,1H3/t11-,12-,13+,14-,15?/m1/s1. The van der Waals surface area contributed by atoms with E-state index in [4.69, 9.17) is 9.84 Å². The number of ether oxygens (including phenoxy) is 1. The number of nitrogens with one attached hydrogen (secondary N) is 1. The van der Waals surface area contributed by atoms with Crippen LogP contribution in [0, 0.1) is 0 Å². The van der Waals surface area contributed by atoms with Gasteiger partial charge >= 0.3 is 0 Å². The Morgan fingerprint density at radius 3 is 2.10 bits per heavy atom. The van der Waals surface area contributed by atoms with Gasteiger partial charge in [-0.05, 0) is 13.0 Å². The second kappa shape index (κ2) is 10.5. The molecule has 0 bridgehead atoms. The Morgan fingerprint density at radius 1 is 0.857 bits per heavy atom. The topological polar surface area (TPSA) is 102 Å². The predicted octanol–water partition coefficient (Wildman–Crippen LogP) is 0.126. The smallest absolute Gasteiger partial charge is 0.137 e. The van der Waals surface area contributed by atoms with E-state index in [2.05, 4.69) is 12.2 Å². The van der Waals surface area contributed by atoms with Crippen molar-refractivity contribution < 1.29 is 25.2 Å². The molecule has 6 heteroatoms. The molecule has 126 valence electrons. The van der Waals surface area contributed by atoms with Crippen molar-refractivity contribution in [1.82, 2.24) is 5.32 Å². The summed E-state index contributed by atoms with van der Waals surface area (Å²) in [5.74, 6) is 0. The van der Waals surface area contributed by atoms with Crippen LogP contribution in [0.4, 0.5) is 0 Å². The first-order chi connectivity index (χ1) is 10.1. The van der Waals surface area contributed by atoms with E-state index in [1.807, 2.05) is 0 Å². The summed E-state index contributed by atoms with van der Waals surface area (Å²) in [6, 6.07) is 0. The maximum Gasteiger partial charge on any atom is 0.137 e. The Kier molecular flexibility index (Phi) is 9.39. The van der Waals surface area contributed by atoms with Crippen LogP contribution < -0.4 is 5.32 Å². The molecule has 1 aliphatic rings. The lowest BCUT2D eigenvalue weighted by atomic mass is 9.98. The Labute approximate surface area is 127 Å². The van der Waals surface area contributed by atoms with Gasteiger partial charge in [-0.1, -0.05) is 45.4 Å². The molecule has 0 spiro atoms. The molecule has 21 heavy (non-hydrogen) atoms. The minimum atomic E-state index is -1.30. The molecule has 0 amide bonds. The number of aliphatic hydroxyl groups excluding tert-OH is 4. The summed E-state index contributed by atoms with van der Waals surface area (Å²) in [6.45, 7) is 2.49. The number of hydrogen-bond donors (Lipinski definition) is 5. The highest BCUT2D eigenvalue weighted by molar-refractivity contribution is 4.90. The largest absolute Gasteiger partial charge is 0.394 e. The van der Waals surface area contributed by atoms with E-state index in [0.29, 0.717) is 6.54 Å². The van der Waals surface area contributed by atoms with Crippen LogP contribution in [0.25, 0.3) is 0 Å². The fourth-order valence-electron chi connectivity index (χ4n) is 2.60. The molecular formula is C15H31NO5. The number of aliphatic hydroxyl groups is 4. The number of rotatable bonds is 10.